The molecule has 3 N–H and O–H groups in total. The first-order valence-corrected chi connectivity index (χ1v) is 22.0. The molecule has 0 aliphatic heterocycles. The Morgan fingerprint density at radius 3 is 1.60 bits per heavy atom. The number of carbonyl (C=O) groups excluding carboxylic acids is 1. The number of carbonyl (C=O) groups is 1. The highest BCUT2D eigenvalue weighted by molar-refractivity contribution is 7.47. The van der Waals surface area contributed by atoms with Gasteiger partial charge >= 0.3 is 13.8 Å². The Morgan fingerprint density at radius 2 is 1.04 bits per heavy atom. The van der Waals surface area contributed by atoms with Crippen LogP contribution in [-0.4, -0.2) is 49.9 Å². The van der Waals surface area contributed by atoms with E-state index in [1.54, 1.807) is 0 Å². The van der Waals surface area contributed by atoms with E-state index in [0.29, 0.717) is 13.0 Å². The number of ether oxygens (including phenoxy) is 2. The van der Waals surface area contributed by atoms with Crippen molar-refractivity contribution in [2.45, 2.75) is 161 Å². The van der Waals surface area contributed by atoms with Gasteiger partial charge in [0.2, 0.25) is 0 Å². The number of hydrogen-bond acceptors (Lipinski definition) is 7. The molecule has 0 heterocycles. The van der Waals surface area contributed by atoms with E-state index in [0.717, 1.165) is 57.8 Å². The number of phosphoric acid groups is 1. The fraction of sp³-hybridized carbons (Fsp3) is 0.698. The van der Waals surface area contributed by atoms with Gasteiger partial charge in [0.1, 0.15) is 6.10 Å². The zero-order valence-corrected chi connectivity index (χ0v) is 33.9. The smallest absolute Gasteiger partial charge is 0.457 e. The van der Waals surface area contributed by atoms with E-state index >= 15 is 0 Å². The van der Waals surface area contributed by atoms with Crippen molar-refractivity contribution in [1.29, 1.82) is 0 Å². The van der Waals surface area contributed by atoms with Crippen molar-refractivity contribution in [3.8, 4) is 0 Å². The average molecular weight is 750 g/mol. The quantitative estimate of drug-likeness (QED) is 0.0211. The van der Waals surface area contributed by atoms with E-state index in [1.165, 1.54) is 77.0 Å². The summed E-state index contributed by atoms with van der Waals surface area (Å²) >= 11 is 0. The summed E-state index contributed by atoms with van der Waals surface area (Å²) < 4.78 is 33.3. The zero-order valence-electron chi connectivity index (χ0n) is 33.0. The Hall–Kier alpha value is -2.06. The molecule has 0 spiro atoms. The number of allylic oxidation sites excluding steroid dienone is 12. The van der Waals surface area contributed by atoms with Crippen molar-refractivity contribution in [3.05, 3.63) is 72.9 Å². The Bertz CT molecular complexity index is 1020. The molecule has 0 saturated carbocycles. The van der Waals surface area contributed by atoms with E-state index in [2.05, 4.69) is 50.3 Å². The SMILES string of the molecule is CCCCCC/C=C\CCCCCCCC(=O)O[C@H](COCCCC/C=C/C=C/C=C/C=C/C=C/CCCCCCCC)COP(=O)(O)OCCN. The molecule has 0 fully saturated rings. The molecular formula is C43H76NO7P. The van der Waals surface area contributed by atoms with Crippen LogP contribution in [0.25, 0.3) is 0 Å². The Kier molecular flexibility index (Phi) is 38.5. The highest BCUT2D eigenvalue weighted by Gasteiger charge is 2.25. The van der Waals surface area contributed by atoms with Gasteiger partial charge in [-0.15, -0.1) is 0 Å². The van der Waals surface area contributed by atoms with Crippen LogP contribution in [0.2, 0.25) is 0 Å². The zero-order chi connectivity index (χ0) is 38.1. The van der Waals surface area contributed by atoms with Crippen LogP contribution in [0.3, 0.4) is 0 Å². The molecule has 52 heavy (non-hydrogen) atoms. The van der Waals surface area contributed by atoms with Crippen LogP contribution in [0.5, 0.6) is 0 Å². The van der Waals surface area contributed by atoms with Gasteiger partial charge < -0.3 is 20.1 Å². The molecule has 0 aromatic carbocycles. The molecule has 0 aliphatic carbocycles. The predicted octanol–water partition coefficient (Wildman–Crippen LogP) is 12.0. The first kappa shape index (κ1) is 49.9. The molecule has 0 amide bonds. The minimum absolute atomic E-state index is 0.0724. The highest BCUT2D eigenvalue weighted by atomic mass is 31.2. The molecule has 1 unspecified atom stereocenters. The molecular weight excluding hydrogens is 673 g/mol. The third-order valence-electron chi connectivity index (χ3n) is 8.22. The van der Waals surface area contributed by atoms with Gasteiger partial charge in [-0.3, -0.25) is 13.8 Å². The van der Waals surface area contributed by atoms with Crippen molar-refractivity contribution < 1.29 is 32.8 Å². The van der Waals surface area contributed by atoms with E-state index in [4.69, 9.17) is 24.3 Å². The largest absolute Gasteiger partial charge is 0.472 e. The number of rotatable bonds is 38. The topological polar surface area (TPSA) is 117 Å². The van der Waals surface area contributed by atoms with Crippen LogP contribution >= 0.6 is 7.82 Å². The van der Waals surface area contributed by atoms with Gasteiger partial charge in [-0.05, 0) is 64.2 Å². The molecule has 8 nitrogen and oxygen atoms in total. The van der Waals surface area contributed by atoms with Crippen molar-refractivity contribution in [2.75, 3.05) is 33.0 Å². The first-order chi connectivity index (χ1) is 25.4. The summed E-state index contributed by atoms with van der Waals surface area (Å²) in [6, 6.07) is 0. The molecule has 0 saturated heterocycles. The third-order valence-corrected chi connectivity index (χ3v) is 9.21. The molecule has 0 bridgehead atoms. The fourth-order valence-corrected chi connectivity index (χ4v) is 5.95. The molecule has 0 rings (SSSR count). The minimum atomic E-state index is -4.29. The van der Waals surface area contributed by atoms with E-state index < -0.39 is 13.9 Å². The summed E-state index contributed by atoms with van der Waals surface area (Å²) in [4.78, 5) is 22.4. The van der Waals surface area contributed by atoms with Crippen molar-refractivity contribution in [3.63, 3.8) is 0 Å². The molecule has 2 atom stereocenters. The van der Waals surface area contributed by atoms with Crippen LogP contribution < -0.4 is 5.73 Å². The molecule has 0 radical (unpaired) electrons. The number of unbranched alkanes of at least 4 members (excludes halogenated alkanes) is 17. The van der Waals surface area contributed by atoms with Gasteiger partial charge in [0.05, 0.1) is 19.8 Å². The summed E-state index contributed by atoms with van der Waals surface area (Å²) in [5.74, 6) is -0.362. The lowest BCUT2D eigenvalue weighted by Gasteiger charge is -2.20. The van der Waals surface area contributed by atoms with Crippen LogP contribution in [0, 0.1) is 0 Å². The predicted molar refractivity (Wildman–Crippen MR) is 219 cm³/mol. The van der Waals surface area contributed by atoms with E-state index in [1.807, 2.05) is 36.5 Å². The molecule has 300 valence electrons. The minimum Gasteiger partial charge on any atom is -0.457 e. The second kappa shape index (κ2) is 40.1. The Balaban J connectivity index is 4.23. The van der Waals surface area contributed by atoms with Gasteiger partial charge in [-0.1, -0.05) is 157 Å². The fourth-order valence-electron chi connectivity index (χ4n) is 5.19. The van der Waals surface area contributed by atoms with Gasteiger partial charge in [0.15, 0.2) is 0 Å². The lowest BCUT2D eigenvalue weighted by Crippen LogP contribution is -2.28. The van der Waals surface area contributed by atoms with Gasteiger partial charge in [-0.25, -0.2) is 4.57 Å². The molecule has 0 aliphatic rings. The summed E-state index contributed by atoms with van der Waals surface area (Å²) in [5.41, 5.74) is 5.35. The van der Waals surface area contributed by atoms with Crippen molar-refractivity contribution >= 4 is 13.8 Å². The maximum absolute atomic E-state index is 12.5. The molecule has 9 heteroatoms. The summed E-state index contributed by atoms with van der Waals surface area (Å²) in [5, 5.41) is 0. The second-order valence-electron chi connectivity index (χ2n) is 13.3. The normalized spacial score (nSPS) is 14.3. The van der Waals surface area contributed by atoms with Gasteiger partial charge in [0, 0.05) is 19.6 Å². The maximum atomic E-state index is 12.5. The lowest BCUT2D eigenvalue weighted by molar-refractivity contribution is -0.154. The maximum Gasteiger partial charge on any atom is 0.472 e. The highest BCUT2D eigenvalue weighted by Crippen LogP contribution is 2.43. The van der Waals surface area contributed by atoms with E-state index in [9.17, 15) is 14.3 Å². The summed E-state index contributed by atoms with van der Waals surface area (Å²) in [6.45, 7) is 4.71. The number of nitrogens with two attached hydrogens (primary N) is 1. The van der Waals surface area contributed by atoms with Crippen molar-refractivity contribution in [2.24, 2.45) is 5.73 Å². The summed E-state index contributed by atoms with van der Waals surface area (Å²) in [7, 11) is -4.29. The molecule has 0 aromatic heterocycles. The number of esters is 1. The van der Waals surface area contributed by atoms with Crippen LogP contribution in [0.15, 0.2) is 72.9 Å². The average Bonchev–Trinajstić information content (AvgIpc) is 3.13. The monoisotopic (exact) mass is 750 g/mol. The Morgan fingerprint density at radius 1 is 0.577 bits per heavy atom. The standard InChI is InChI=1S/C43H76NO7P/c1-3-5-7-9-11-13-15-17-18-19-20-21-22-23-25-27-29-31-33-35-38-48-40-42(41-50-52(46,47)49-39-37-44)51-43(45)36-34-32-30-28-26-24-16-14-12-10-8-6-4-2/h14,16-23,25,27,29,42H,3-13,15,24,26,28,30-41,44H2,1-2H3,(H,46,47)/b16-14-,18-17+,20-19+,22-21+,25-23+,29-27+/t42-/m1/s1. The first-order valence-electron chi connectivity index (χ1n) is 20.5. The molecule has 0 aromatic rings. The van der Waals surface area contributed by atoms with Crippen LogP contribution in [-0.2, 0) is 27.9 Å². The van der Waals surface area contributed by atoms with E-state index in [-0.39, 0.29) is 32.3 Å². The van der Waals surface area contributed by atoms with Gasteiger partial charge in [-0.2, -0.15) is 0 Å². The number of hydrogen-bond donors (Lipinski definition) is 2. The Labute approximate surface area is 318 Å². The summed E-state index contributed by atoms with van der Waals surface area (Å²) in [6.07, 6.45) is 49.2. The number of phosphoric ester groups is 1. The lowest BCUT2D eigenvalue weighted by atomic mass is 10.1. The van der Waals surface area contributed by atoms with Gasteiger partial charge in [0.25, 0.3) is 0 Å². The second-order valence-corrected chi connectivity index (χ2v) is 14.7. The third kappa shape index (κ3) is 39.2. The van der Waals surface area contributed by atoms with Crippen LogP contribution in [0.4, 0.5) is 0 Å². The van der Waals surface area contributed by atoms with Crippen LogP contribution in [0.1, 0.15) is 155 Å². The van der Waals surface area contributed by atoms with Crippen molar-refractivity contribution in [1.82, 2.24) is 0 Å².